The molecule has 0 unspecified atom stereocenters. The number of hydrogen-bond acceptors (Lipinski definition) is 4. The largest absolute Gasteiger partial charge is 0.303 e. The fraction of sp³-hybridized carbons (Fsp3) is 0.417. The first-order chi connectivity index (χ1) is 9.54. The highest BCUT2D eigenvalue weighted by molar-refractivity contribution is 7.90. The molecule has 0 spiro atoms. The molecule has 0 saturated carbocycles. The summed E-state index contributed by atoms with van der Waals surface area (Å²) in [5.41, 5.74) is 0.746. The molecule has 1 aromatic carbocycles. The van der Waals surface area contributed by atoms with Crippen molar-refractivity contribution in [2.75, 3.05) is 17.8 Å². The van der Waals surface area contributed by atoms with E-state index in [1.165, 1.54) is 15.6 Å². The molecule has 1 fully saturated rings. The average molecular weight is 332 g/mol. The van der Waals surface area contributed by atoms with Crippen LogP contribution in [0.5, 0.6) is 0 Å². The number of anilines is 1. The number of thiazole rings is 1. The van der Waals surface area contributed by atoms with Crippen LogP contribution in [0.1, 0.15) is 19.3 Å². The topological polar surface area (TPSA) is 62.3 Å². The quantitative estimate of drug-likeness (QED) is 0.940. The third kappa shape index (κ3) is 2.90. The molecule has 0 aliphatic carbocycles. The second-order valence-corrected chi connectivity index (χ2v) is 7.84. The Hall–Kier alpha value is -0.890. The lowest BCUT2D eigenvalue weighted by atomic mass is 10.2. The Balaban J connectivity index is 1.84. The molecule has 0 bridgehead atoms. The standard InChI is InChI=1S/C12H14ClN3O2S2/c13-9-4-5-10-11(8-9)19-12(14-10)15-20(17,18)16-6-2-1-3-7-16/h4-5,8H,1-3,6-7H2,(H,14,15). The minimum atomic E-state index is -3.50. The van der Waals surface area contributed by atoms with E-state index in [4.69, 9.17) is 11.6 Å². The van der Waals surface area contributed by atoms with E-state index in [1.807, 2.05) is 0 Å². The average Bonchev–Trinajstić information content (AvgIpc) is 2.80. The summed E-state index contributed by atoms with van der Waals surface area (Å²) in [5, 5.41) is 0.999. The van der Waals surface area contributed by atoms with Crippen molar-refractivity contribution in [2.24, 2.45) is 0 Å². The molecule has 0 amide bonds. The highest BCUT2D eigenvalue weighted by atomic mass is 35.5. The van der Waals surface area contributed by atoms with Crippen molar-refractivity contribution < 1.29 is 8.42 Å². The van der Waals surface area contributed by atoms with Crippen molar-refractivity contribution in [1.82, 2.24) is 9.29 Å². The normalized spacial score (nSPS) is 17.4. The summed E-state index contributed by atoms with van der Waals surface area (Å²) >= 11 is 7.20. The van der Waals surface area contributed by atoms with Crippen molar-refractivity contribution in [3.8, 4) is 0 Å². The van der Waals surface area contributed by atoms with E-state index in [0.29, 0.717) is 23.2 Å². The second kappa shape index (κ2) is 5.48. The predicted molar refractivity (Wildman–Crippen MR) is 82.6 cm³/mol. The number of rotatable bonds is 3. The van der Waals surface area contributed by atoms with Crippen LogP contribution in [-0.2, 0) is 10.2 Å². The summed E-state index contributed by atoms with van der Waals surface area (Å²) in [6, 6.07) is 5.31. The minimum Gasteiger partial charge on any atom is -0.246 e. The van der Waals surface area contributed by atoms with Crippen LogP contribution < -0.4 is 4.72 Å². The number of benzene rings is 1. The number of halogens is 1. The van der Waals surface area contributed by atoms with Gasteiger partial charge in [-0.2, -0.15) is 12.7 Å². The van der Waals surface area contributed by atoms with Crippen LogP contribution in [0.2, 0.25) is 5.02 Å². The van der Waals surface area contributed by atoms with Crippen molar-refractivity contribution >= 4 is 48.5 Å². The lowest BCUT2D eigenvalue weighted by molar-refractivity contribution is 0.349. The van der Waals surface area contributed by atoms with Crippen molar-refractivity contribution in [2.45, 2.75) is 19.3 Å². The van der Waals surface area contributed by atoms with E-state index >= 15 is 0 Å². The highest BCUT2D eigenvalue weighted by Crippen LogP contribution is 2.29. The van der Waals surface area contributed by atoms with Crippen LogP contribution in [0.3, 0.4) is 0 Å². The maximum Gasteiger partial charge on any atom is 0.303 e. The van der Waals surface area contributed by atoms with Gasteiger partial charge in [0.15, 0.2) is 5.13 Å². The molecule has 3 rings (SSSR count). The van der Waals surface area contributed by atoms with Gasteiger partial charge in [-0.3, -0.25) is 0 Å². The van der Waals surface area contributed by atoms with Gasteiger partial charge in [-0.05, 0) is 31.0 Å². The molecular formula is C12H14ClN3O2S2. The Morgan fingerprint density at radius 2 is 2.00 bits per heavy atom. The van der Waals surface area contributed by atoms with Crippen LogP contribution in [0.15, 0.2) is 18.2 Å². The van der Waals surface area contributed by atoms with E-state index < -0.39 is 10.2 Å². The van der Waals surface area contributed by atoms with Gasteiger partial charge >= 0.3 is 10.2 Å². The van der Waals surface area contributed by atoms with Crippen LogP contribution in [0.25, 0.3) is 10.2 Å². The lowest BCUT2D eigenvalue weighted by Gasteiger charge is -2.25. The van der Waals surface area contributed by atoms with Gasteiger partial charge in [-0.1, -0.05) is 29.4 Å². The first-order valence-electron chi connectivity index (χ1n) is 6.38. The van der Waals surface area contributed by atoms with E-state index in [9.17, 15) is 8.42 Å². The predicted octanol–water partition coefficient (Wildman–Crippen LogP) is 3.09. The third-order valence-corrected chi connectivity index (χ3v) is 6.02. The molecule has 1 saturated heterocycles. The van der Waals surface area contributed by atoms with Crippen LogP contribution >= 0.6 is 22.9 Å². The van der Waals surface area contributed by atoms with Gasteiger partial charge in [-0.25, -0.2) is 9.71 Å². The van der Waals surface area contributed by atoms with Gasteiger partial charge in [-0.15, -0.1) is 0 Å². The molecule has 8 heteroatoms. The molecule has 20 heavy (non-hydrogen) atoms. The zero-order valence-corrected chi connectivity index (χ0v) is 13.1. The number of nitrogens with zero attached hydrogens (tertiary/aromatic N) is 2. The van der Waals surface area contributed by atoms with Crippen molar-refractivity contribution in [3.05, 3.63) is 23.2 Å². The van der Waals surface area contributed by atoms with E-state index in [2.05, 4.69) is 9.71 Å². The summed E-state index contributed by atoms with van der Waals surface area (Å²) in [4.78, 5) is 4.28. The summed E-state index contributed by atoms with van der Waals surface area (Å²) in [5.74, 6) is 0. The maximum absolute atomic E-state index is 12.3. The minimum absolute atomic E-state index is 0.382. The number of fused-ring (bicyclic) bond motifs is 1. The first-order valence-corrected chi connectivity index (χ1v) is 9.02. The zero-order chi connectivity index (χ0) is 14.2. The molecule has 1 aliphatic rings. The van der Waals surface area contributed by atoms with Gasteiger partial charge in [0.1, 0.15) is 0 Å². The first kappa shape index (κ1) is 14.1. The second-order valence-electron chi connectivity index (χ2n) is 4.70. The van der Waals surface area contributed by atoms with Gasteiger partial charge in [0, 0.05) is 18.1 Å². The van der Waals surface area contributed by atoms with Gasteiger partial charge < -0.3 is 0 Å². The van der Waals surface area contributed by atoms with E-state index in [0.717, 1.165) is 29.5 Å². The zero-order valence-electron chi connectivity index (χ0n) is 10.7. The van der Waals surface area contributed by atoms with Crippen molar-refractivity contribution in [3.63, 3.8) is 0 Å². The third-order valence-electron chi connectivity index (χ3n) is 3.22. The Bertz CT molecular complexity index is 723. The molecule has 1 N–H and O–H groups in total. The van der Waals surface area contributed by atoms with Crippen LogP contribution in [-0.4, -0.2) is 30.8 Å². The fourth-order valence-electron chi connectivity index (χ4n) is 2.22. The molecule has 1 aliphatic heterocycles. The van der Waals surface area contributed by atoms with Crippen LogP contribution in [0, 0.1) is 0 Å². The summed E-state index contributed by atoms with van der Waals surface area (Å²) in [6.07, 6.45) is 2.92. The summed E-state index contributed by atoms with van der Waals surface area (Å²) in [7, 11) is -3.50. The Morgan fingerprint density at radius 3 is 2.75 bits per heavy atom. The fourth-order valence-corrected chi connectivity index (χ4v) is 4.83. The Labute approximate surface area is 126 Å². The van der Waals surface area contributed by atoms with Crippen LogP contribution in [0.4, 0.5) is 5.13 Å². The lowest BCUT2D eigenvalue weighted by Crippen LogP contribution is -2.39. The van der Waals surface area contributed by atoms with Gasteiger partial charge in [0.05, 0.1) is 10.2 Å². The van der Waals surface area contributed by atoms with E-state index in [-0.39, 0.29) is 0 Å². The molecule has 2 aromatic rings. The number of piperidine rings is 1. The summed E-state index contributed by atoms with van der Waals surface area (Å²) in [6.45, 7) is 1.15. The number of aromatic nitrogens is 1. The SMILES string of the molecule is O=S(=O)(Nc1nc2ccc(Cl)cc2s1)N1CCCCC1. The molecule has 1 aromatic heterocycles. The Morgan fingerprint density at radius 1 is 1.25 bits per heavy atom. The smallest absolute Gasteiger partial charge is 0.246 e. The molecule has 108 valence electrons. The molecule has 0 atom stereocenters. The molecule has 0 radical (unpaired) electrons. The molecule has 5 nitrogen and oxygen atoms in total. The number of nitrogens with one attached hydrogen (secondary N) is 1. The van der Waals surface area contributed by atoms with E-state index in [1.54, 1.807) is 18.2 Å². The summed E-state index contributed by atoms with van der Waals surface area (Å²) < 4.78 is 29.4. The van der Waals surface area contributed by atoms with Gasteiger partial charge in [0.25, 0.3) is 0 Å². The maximum atomic E-state index is 12.3. The molecule has 2 heterocycles. The Kier molecular flexibility index (Phi) is 3.85. The highest BCUT2D eigenvalue weighted by Gasteiger charge is 2.24. The molecular weight excluding hydrogens is 318 g/mol. The van der Waals surface area contributed by atoms with Gasteiger partial charge in [0.2, 0.25) is 0 Å². The number of hydrogen-bond donors (Lipinski definition) is 1. The van der Waals surface area contributed by atoms with Crippen molar-refractivity contribution in [1.29, 1.82) is 0 Å². The monoisotopic (exact) mass is 331 g/mol.